The molecule has 2 aliphatic carbocycles. The summed E-state index contributed by atoms with van der Waals surface area (Å²) in [5.74, 6) is -1.55. The highest BCUT2D eigenvalue weighted by Crippen LogP contribution is 2.44. The Balaban J connectivity index is 1.34. The Kier molecular flexibility index (Phi) is 6.93. The Morgan fingerprint density at radius 3 is 2.21 bits per heavy atom. The van der Waals surface area contributed by atoms with Gasteiger partial charge in [0, 0.05) is 19.6 Å². The van der Waals surface area contributed by atoms with Crippen LogP contribution in [-0.4, -0.2) is 55.5 Å². The molecule has 1 fully saturated rings. The molecule has 8 heteroatoms. The van der Waals surface area contributed by atoms with E-state index in [1.54, 1.807) is 7.11 Å². The normalized spacial score (nSPS) is 19.5. The second-order valence-electron chi connectivity index (χ2n) is 8.56. The number of ether oxygens (including phenoxy) is 2. The van der Waals surface area contributed by atoms with E-state index in [-0.39, 0.29) is 18.6 Å². The smallest absolute Gasteiger partial charge is 0.407 e. The summed E-state index contributed by atoms with van der Waals surface area (Å²) in [5, 5.41) is 14.3. The van der Waals surface area contributed by atoms with Crippen LogP contribution in [0.4, 0.5) is 4.79 Å². The predicted octanol–water partition coefficient (Wildman–Crippen LogP) is 2.91. The zero-order valence-electron chi connectivity index (χ0n) is 18.5. The molecule has 0 spiro atoms. The van der Waals surface area contributed by atoms with Gasteiger partial charge in [0.2, 0.25) is 5.91 Å². The number of hydrogen-bond acceptors (Lipinski definition) is 5. The van der Waals surface area contributed by atoms with Crippen molar-refractivity contribution in [3.8, 4) is 11.1 Å². The van der Waals surface area contributed by atoms with Gasteiger partial charge in [-0.05, 0) is 41.0 Å². The third-order valence-electron chi connectivity index (χ3n) is 6.42. The third-order valence-corrected chi connectivity index (χ3v) is 6.42. The Hall–Kier alpha value is -3.39. The van der Waals surface area contributed by atoms with E-state index >= 15 is 0 Å². The lowest BCUT2D eigenvalue weighted by Gasteiger charge is -2.34. The molecule has 2 amide bonds. The molecule has 33 heavy (non-hydrogen) atoms. The molecule has 1 atom stereocenters. The fraction of sp³-hybridized carbons (Fsp3) is 0.400. The lowest BCUT2D eigenvalue weighted by molar-refractivity contribution is -0.139. The highest BCUT2D eigenvalue weighted by atomic mass is 16.5. The number of methoxy groups -OCH3 is 1. The summed E-state index contributed by atoms with van der Waals surface area (Å²) in [6.07, 6.45) is 0.559. The first-order chi connectivity index (χ1) is 16.0. The van der Waals surface area contributed by atoms with Crippen LogP contribution in [0, 0.1) is 5.92 Å². The molecule has 0 radical (unpaired) electrons. The van der Waals surface area contributed by atoms with Crippen LogP contribution in [0.25, 0.3) is 11.1 Å². The minimum absolute atomic E-state index is 0.0851. The molecule has 1 unspecified atom stereocenters. The number of carbonyl (C=O) groups excluding carboxylic acids is 2. The van der Waals surface area contributed by atoms with Crippen molar-refractivity contribution in [2.45, 2.75) is 37.3 Å². The van der Waals surface area contributed by atoms with E-state index in [9.17, 15) is 19.5 Å². The summed E-state index contributed by atoms with van der Waals surface area (Å²) in [6, 6.07) is 14.7. The molecular weight excluding hydrogens is 424 g/mol. The minimum Gasteiger partial charge on any atom is -0.481 e. The second kappa shape index (κ2) is 10.0. The van der Waals surface area contributed by atoms with Gasteiger partial charge in [-0.3, -0.25) is 9.59 Å². The van der Waals surface area contributed by atoms with E-state index in [0.29, 0.717) is 12.5 Å². The number of benzene rings is 2. The lowest BCUT2D eigenvalue weighted by Crippen LogP contribution is -2.50. The molecule has 0 heterocycles. The molecule has 0 aromatic heterocycles. The molecule has 174 valence electrons. The maximum atomic E-state index is 12.5. The quantitative estimate of drug-likeness (QED) is 0.539. The van der Waals surface area contributed by atoms with Crippen molar-refractivity contribution in [2.75, 3.05) is 20.3 Å². The lowest BCUT2D eigenvalue weighted by atomic mass is 9.82. The van der Waals surface area contributed by atoms with Gasteiger partial charge >= 0.3 is 12.1 Å². The average Bonchev–Trinajstić information content (AvgIpc) is 3.09. The van der Waals surface area contributed by atoms with Crippen LogP contribution in [0.15, 0.2) is 48.5 Å². The zero-order valence-corrected chi connectivity index (χ0v) is 18.5. The monoisotopic (exact) mass is 452 g/mol. The molecule has 0 bridgehead atoms. The first-order valence-electron chi connectivity index (χ1n) is 11.1. The van der Waals surface area contributed by atoms with Crippen molar-refractivity contribution < 1.29 is 29.0 Å². The van der Waals surface area contributed by atoms with E-state index in [2.05, 4.69) is 10.6 Å². The number of fused-ring (bicyclic) bond motifs is 3. The van der Waals surface area contributed by atoms with E-state index < -0.39 is 30.4 Å². The number of carboxylic acid groups (broad SMARTS) is 1. The molecule has 8 nitrogen and oxygen atoms in total. The fourth-order valence-corrected chi connectivity index (χ4v) is 4.57. The Bertz CT molecular complexity index is 988. The SMILES string of the molecule is COC1CC(CNC(=O)C(CC(=O)O)NC(=O)OCC2c3ccccc3-c3ccccc32)C1. The molecule has 1 saturated carbocycles. The summed E-state index contributed by atoms with van der Waals surface area (Å²) in [4.78, 5) is 36.2. The van der Waals surface area contributed by atoms with Gasteiger partial charge in [0.25, 0.3) is 0 Å². The Morgan fingerprint density at radius 1 is 1.03 bits per heavy atom. The molecule has 0 aliphatic heterocycles. The number of nitrogens with one attached hydrogen (secondary N) is 2. The van der Waals surface area contributed by atoms with E-state index in [1.807, 2.05) is 48.5 Å². The maximum Gasteiger partial charge on any atom is 0.407 e. The standard InChI is InChI=1S/C25H28N2O6/c1-32-16-10-15(11-16)13-26-24(30)22(12-23(28)29)27-25(31)33-14-21-19-8-4-2-6-17(19)18-7-3-5-9-20(18)21/h2-9,15-16,21-22H,10-14H2,1H3,(H,26,30)(H,27,31)(H,28,29). The highest BCUT2D eigenvalue weighted by Gasteiger charge is 2.32. The fourth-order valence-electron chi connectivity index (χ4n) is 4.57. The van der Waals surface area contributed by atoms with Crippen molar-refractivity contribution in [1.29, 1.82) is 0 Å². The summed E-state index contributed by atoms with van der Waals surface area (Å²) in [5.41, 5.74) is 4.36. The number of alkyl carbamates (subject to hydrolysis) is 1. The van der Waals surface area contributed by atoms with Crippen LogP contribution < -0.4 is 10.6 Å². The van der Waals surface area contributed by atoms with Crippen LogP contribution in [0.5, 0.6) is 0 Å². The molecule has 0 saturated heterocycles. The number of aliphatic carboxylic acids is 1. The first-order valence-corrected chi connectivity index (χ1v) is 11.1. The van der Waals surface area contributed by atoms with Gasteiger partial charge in [-0.1, -0.05) is 48.5 Å². The van der Waals surface area contributed by atoms with Gasteiger partial charge < -0.3 is 25.2 Å². The van der Waals surface area contributed by atoms with Crippen LogP contribution in [0.1, 0.15) is 36.3 Å². The summed E-state index contributed by atoms with van der Waals surface area (Å²) in [6.45, 7) is 0.503. The summed E-state index contributed by atoms with van der Waals surface area (Å²) in [7, 11) is 1.65. The van der Waals surface area contributed by atoms with Crippen LogP contribution in [-0.2, 0) is 19.1 Å². The van der Waals surface area contributed by atoms with Crippen LogP contribution >= 0.6 is 0 Å². The third kappa shape index (κ3) is 5.17. The molecule has 3 N–H and O–H groups in total. The number of carboxylic acids is 1. The van der Waals surface area contributed by atoms with Gasteiger partial charge in [-0.2, -0.15) is 0 Å². The van der Waals surface area contributed by atoms with Gasteiger partial charge in [0.15, 0.2) is 0 Å². The molecule has 2 aromatic carbocycles. The zero-order chi connectivity index (χ0) is 23.4. The second-order valence-corrected chi connectivity index (χ2v) is 8.56. The van der Waals surface area contributed by atoms with Crippen molar-refractivity contribution >= 4 is 18.0 Å². The first kappa shape index (κ1) is 22.8. The van der Waals surface area contributed by atoms with Gasteiger partial charge in [0.05, 0.1) is 12.5 Å². The van der Waals surface area contributed by atoms with E-state index in [4.69, 9.17) is 9.47 Å². The van der Waals surface area contributed by atoms with Crippen molar-refractivity contribution in [3.63, 3.8) is 0 Å². The van der Waals surface area contributed by atoms with Gasteiger partial charge in [0.1, 0.15) is 12.6 Å². The Morgan fingerprint density at radius 2 is 1.64 bits per heavy atom. The molecule has 4 rings (SSSR count). The van der Waals surface area contributed by atoms with E-state index in [1.165, 1.54) is 0 Å². The molecular formula is C25H28N2O6. The highest BCUT2D eigenvalue weighted by molar-refractivity contribution is 5.89. The Labute approximate surface area is 192 Å². The van der Waals surface area contributed by atoms with Crippen LogP contribution in [0.3, 0.4) is 0 Å². The molecule has 2 aliphatic rings. The molecule has 2 aromatic rings. The predicted molar refractivity (Wildman–Crippen MR) is 121 cm³/mol. The van der Waals surface area contributed by atoms with Gasteiger partial charge in [-0.15, -0.1) is 0 Å². The van der Waals surface area contributed by atoms with Crippen molar-refractivity contribution in [1.82, 2.24) is 10.6 Å². The summed E-state index contributed by atoms with van der Waals surface area (Å²) >= 11 is 0. The van der Waals surface area contributed by atoms with Gasteiger partial charge in [-0.25, -0.2) is 4.79 Å². The topological polar surface area (TPSA) is 114 Å². The number of hydrogen-bond donors (Lipinski definition) is 3. The number of carbonyl (C=O) groups is 3. The number of rotatable bonds is 9. The maximum absolute atomic E-state index is 12.5. The number of amides is 2. The summed E-state index contributed by atoms with van der Waals surface area (Å²) < 4.78 is 10.7. The average molecular weight is 453 g/mol. The van der Waals surface area contributed by atoms with Crippen LogP contribution in [0.2, 0.25) is 0 Å². The van der Waals surface area contributed by atoms with E-state index in [0.717, 1.165) is 35.1 Å². The minimum atomic E-state index is -1.21. The largest absolute Gasteiger partial charge is 0.481 e. The van der Waals surface area contributed by atoms with Crippen molar-refractivity contribution in [3.05, 3.63) is 59.7 Å². The van der Waals surface area contributed by atoms with Crippen molar-refractivity contribution in [2.24, 2.45) is 5.92 Å².